The summed E-state index contributed by atoms with van der Waals surface area (Å²) < 4.78 is 6.79. The van der Waals surface area contributed by atoms with E-state index in [1.807, 2.05) is 42.5 Å². The Morgan fingerprint density at radius 2 is 2.05 bits per heavy atom. The van der Waals surface area contributed by atoms with Gasteiger partial charge in [0.2, 0.25) is 0 Å². The van der Waals surface area contributed by atoms with Gasteiger partial charge in [0, 0.05) is 21.7 Å². The number of halogens is 2. The quantitative estimate of drug-likeness (QED) is 0.724. The van der Waals surface area contributed by atoms with Crippen molar-refractivity contribution in [2.24, 2.45) is 0 Å². The summed E-state index contributed by atoms with van der Waals surface area (Å²) >= 11 is 9.53. The Balaban J connectivity index is 1.81. The summed E-state index contributed by atoms with van der Waals surface area (Å²) in [5.41, 5.74) is 2.19. The first-order valence-electron chi connectivity index (χ1n) is 6.59. The highest BCUT2D eigenvalue weighted by molar-refractivity contribution is 9.10. The van der Waals surface area contributed by atoms with Crippen LogP contribution in [0.4, 0.5) is 5.69 Å². The van der Waals surface area contributed by atoms with E-state index in [9.17, 15) is 0 Å². The molecule has 0 radical (unpaired) electrons. The first-order valence-corrected chi connectivity index (χ1v) is 7.77. The lowest BCUT2D eigenvalue weighted by atomic mass is 10.1. The lowest BCUT2D eigenvalue weighted by Crippen LogP contribution is -2.11. The Hall–Kier alpha value is -1.19. The van der Waals surface area contributed by atoms with Crippen LogP contribution in [0.2, 0.25) is 5.02 Å². The highest BCUT2D eigenvalue weighted by Gasteiger charge is 2.01. The Kier molecular flexibility index (Phi) is 5.74. The summed E-state index contributed by atoms with van der Waals surface area (Å²) in [6, 6.07) is 13.9. The Morgan fingerprint density at radius 3 is 2.80 bits per heavy atom. The SMILES string of the molecule is CCc1cc(OCCNc2cccc(Br)c2)ccc1Cl. The molecule has 4 heteroatoms. The summed E-state index contributed by atoms with van der Waals surface area (Å²) in [6.07, 6.45) is 0.909. The molecule has 0 heterocycles. The highest BCUT2D eigenvalue weighted by atomic mass is 79.9. The highest BCUT2D eigenvalue weighted by Crippen LogP contribution is 2.22. The predicted molar refractivity (Wildman–Crippen MR) is 89.0 cm³/mol. The summed E-state index contributed by atoms with van der Waals surface area (Å²) in [5.74, 6) is 0.863. The van der Waals surface area contributed by atoms with Crippen LogP contribution in [-0.4, -0.2) is 13.2 Å². The van der Waals surface area contributed by atoms with Crippen LogP contribution in [0, 0.1) is 0 Å². The molecule has 2 nitrogen and oxygen atoms in total. The van der Waals surface area contributed by atoms with Crippen molar-refractivity contribution < 1.29 is 4.74 Å². The molecule has 0 amide bonds. The fourth-order valence-corrected chi connectivity index (χ4v) is 2.52. The van der Waals surface area contributed by atoms with Gasteiger partial charge in [-0.1, -0.05) is 40.5 Å². The Morgan fingerprint density at radius 1 is 1.20 bits per heavy atom. The van der Waals surface area contributed by atoms with Crippen molar-refractivity contribution in [2.45, 2.75) is 13.3 Å². The summed E-state index contributed by atoms with van der Waals surface area (Å²) in [7, 11) is 0. The van der Waals surface area contributed by atoms with E-state index in [-0.39, 0.29) is 0 Å². The second kappa shape index (κ2) is 7.55. The normalized spacial score (nSPS) is 10.3. The van der Waals surface area contributed by atoms with Gasteiger partial charge in [0.05, 0.1) is 0 Å². The fourth-order valence-electron chi connectivity index (χ4n) is 1.87. The molecular formula is C16H17BrClNO. The van der Waals surface area contributed by atoms with E-state index in [1.54, 1.807) is 0 Å². The van der Waals surface area contributed by atoms with Gasteiger partial charge in [-0.25, -0.2) is 0 Å². The molecule has 0 bridgehead atoms. The number of anilines is 1. The number of nitrogens with one attached hydrogen (secondary N) is 1. The molecule has 0 fully saturated rings. The average Bonchev–Trinajstić information content (AvgIpc) is 2.45. The van der Waals surface area contributed by atoms with Crippen molar-refractivity contribution in [3.05, 3.63) is 57.5 Å². The number of hydrogen-bond acceptors (Lipinski definition) is 2. The van der Waals surface area contributed by atoms with Crippen LogP contribution in [0.1, 0.15) is 12.5 Å². The minimum atomic E-state index is 0.608. The van der Waals surface area contributed by atoms with E-state index in [0.717, 1.165) is 39.5 Å². The zero-order valence-corrected chi connectivity index (χ0v) is 13.7. The number of rotatable bonds is 6. The van der Waals surface area contributed by atoms with Gasteiger partial charge in [0.1, 0.15) is 12.4 Å². The van der Waals surface area contributed by atoms with Gasteiger partial charge in [-0.3, -0.25) is 0 Å². The maximum atomic E-state index is 6.08. The molecule has 106 valence electrons. The molecule has 0 aliphatic carbocycles. The topological polar surface area (TPSA) is 21.3 Å². The Labute approximate surface area is 133 Å². The fraction of sp³-hybridized carbons (Fsp3) is 0.250. The van der Waals surface area contributed by atoms with Crippen LogP contribution in [0.15, 0.2) is 46.9 Å². The molecule has 1 N–H and O–H groups in total. The molecule has 0 atom stereocenters. The van der Waals surface area contributed by atoms with Gasteiger partial charge in [0.15, 0.2) is 0 Å². The van der Waals surface area contributed by atoms with Gasteiger partial charge in [-0.05, 0) is 48.4 Å². The molecule has 0 aliphatic rings. The maximum Gasteiger partial charge on any atom is 0.119 e. The lowest BCUT2D eigenvalue weighted by Gasteiger charge is -2.10. The van der Waals surface area contributed by atoms with E-state index in [2.05, 4.69) is 28.2 Å². The number of aryl methyl sites for hydroxylation is 1. The van der Waals surface area contributed by atoms with Crippen molar-refractivity contribution in [1.29, 1.82) is 0 Å². The molecule has 0 unspecified atom stereocenters. The van der Waals surface area contributed by atoms with Crippen molar-refractivity contribution in [3.8, 4) is 5.75 Å². The van der Waals surface area contributed by atoms with Crippen LogP contribution in [0.5, 0.6) is 5.75 Å². The first-order chi connectivity index (χ1) is 9.69. The average molecular weight is 355 g/mol. The maximum absolute atomic E-state index is 6.08. The van der Waals surface area contributed by atoms with Crippen molar-refractivity contribution >= 4 is 33.2 Å². The van der Waals surface area contributed by atoms with Crippen LogP contribution in [0.3, 0.4) is 0 Å². The van der Waals surface area contributed by atoms with Crippen molar-refractivity contribution in [3.63, 3.8) is 0 Å². The molecule has 2 rings (SSSR count). The molecule has 2 aromatic carbocycles. The summed E-state index contributed by atoms with van der Waals surface area (Å²) in [5, 5.41) is 4.11. The predicted octanol–water partition coefficient (Wildman–Crippen LogP) is 5.16. The minimum Gasteiger partial charge on any atom is -0.492 e. The third-order valence-corrected chi connectivity index (χ3v) is 3.78. The molecule has 0 saturated heterocycles. The molecular weight excluding hydrogens is 338 g/mol. The largest absolute Gasteiger partial charge is 0.492 e. The minimum absolute atomic E-state index is 0.608. The standard InChI is InChI=1S/C16H17BrClNO/c1-2-12-10-15(6-7-16(12)18)20-9-8-19-14-5-3-4-13(17)11-14/h3-7,10-11,19H,2,8-9H2,1H3. The molecule has 0 aliphatic heterocycles. The summed E-state index contributed by atoms with van der Waals surface area (Å²) in [4.78, 5) is 0. The number of benzene rings is 2. The summed E-state index contributed by atoms with van der Waals surface area (Å²) in [6.45, 7) is 3.44. The van der Waals surface area contributed by atoms with Crippen LogP contribution >= 0.6 is 27.5 Å². The molecule has 20 heavy (non-hydrogen) atoms. The monoisotopic (exact) mass is 353 g/mol. The Bertz CT molecular complexity index is 574. The third kappa shape index (κ3) is 4.43. The smallest absolute Gasteiger partial charge is 0.119 e. The van der Waals surface area contributed by atoms with Crippen LogP contribution in [-0.2, 0) is 6.42 Å². The zero-order valence-electron chi connectivity index (χ0n) is 11.3. The molecule has 2 aromatic rings. The van der Waals surface area contributed by atoms with E-state index < -0.39 is 0 Å². The van der Waals surface area contributed by atoms with E-state index in [0.29, 0.717) is 6.61 Å². The second-order valence-electron chi connectivity index (χ2n) is 4.39. The van der Waals surface area contributed by atoms with Crippen LogP contribution in [0.25, 0.3) is 0 Å². The van der Waals surface area contributed by atoms with E-state index in [4.69, 9.17) is 16.3 Å². The molecule has 0 spiro atoms. The number of hydrogen-bond donors (Lipinski definition) is 1. The van der Waals surface area contributed by atoms with E-state index >= 15 is 0 Å². The van der Waals surface area contributed by atoms with Gasteiger partial charge < -0.3 is 10.1 Å². The zero-order chi connectivity index (χ0) is 14.4. The van der Waals surface area contributed by atoms with Crippen molar-refractivity contribution in [1.82, 2.24) is 0 Å². The lowest BCUT2D eigenvalue weighted by molar-refractivity contribution is 0.332. The van der Waals surface area contributed by atoms with Crippen molar-refractivity contribution in [2.75, 3.05) is 18.5 Å². The molecule has 0 aromatic heterocycles. The van der Waals surface area contributed by atoms with Gasteiger partial charge >= 0.3 is 0 Å². The van der Waals surface area contributed by atoms with Gasteiger partial charge in [-0.2, -0.15) is 0 Å². The third-order valence-electron chi connectivity index (χ3n) is 2.92. The number of ether oxygens (including phenoxy) is 1. The van der Waals surface area contributed by atoms with Crippen LogP contribution < -0.4 is 10.1 Å². The van der Waals surface area contributed by atoms with Gasteiger partial charge in [-0.15, -0.1) is 0 Å². The first kappa shape index (κ1) is 15.2. The molecule has 0 saturated carbocycles. The van der Waals surface area contributed by atoms with E-state index in [1.165, 1.54) is 0 Å². The van der Waals surface area contributed by atoms with Gasteiger partial charge in [0.25, 0.3) is 0 Å². The second-order valence-corrected chi connectivity index (χ2v) is 5.72.